The quantitative estimate of drug-likeness (QED) is 0.800. The fourth-order valence-corrected chi connectivity index (χ4v) is 3.18. The molecule has 2 aliphatic rings. The van der Waals surface area contributed by atoms with E-state index in [1.54, 1.807) is 0 Å². The van der Waals surface area contributed by atoms with Gasteiger partial charge in [-0.25, -0.2) is 0 Å². The summed E-state index contributed by atoms with van der Waals surface area (Å²) in [7, 11) is 0. The molecule has 0 aromatic carbocycles. The molecular weight excluding hydrogens is 204 g/mol. The number of hydrogen-bond acceptors (Lipinski definition) is 3. The molecule has 2 unspecified atom stereocenters. The van der Waals surface area contributed by atoms with Gasteiger partial charge in [0.1, 0.15) is 0 Å². The standard InChI is InChI=1S/C12H22N2S/c1-8(2)11-7-13-12(15-11)14-9(3)10-5-4-6-10/h8-11H,4-7H2,1-3H3,(H,13,14). The van der Waals surface area contributed by atoms with Gasteiger partial charge in [0.2, 0.25) is 0 Å². The van der Waals surface area contributed by atoms with Gasteiger partial charge < -0.3 is 5.32 Å². The SMILES string of the molecule is CC(C)C1CN=C(NC(C)C2CCC2)S1. The number of hydrogen-bond donors (Lipinski definition) is 1. The van der Waals surface area contributed by atoms with Crippen molar-refractivity contribution in [1.29, 1.82) is 0 Å². The van der Waals surface area contributed by atoms with Gasteiger partial charge in [0.15, 0.2) is 5.17 Å². The molecule has 0 bridgehead atoms. The summed E-state index contributed by atoms with van der Waals surface area (Å²) >= 11 is 1.94. The van der Waals surface area contributed by atoms with E-state index in [0.29, 0.717) is 11.3 Å². The first kappa shape index (κ1) is 11.3. The molecule has 15 heavy (non-hydrogen) atoms. The zero-order valence-corrected chi connectivity index (χ0v) is 10.8. The molecule has 86 valence electrons. The molecule has 3 heteroatoms. The zero-order chi connectivity index (χ0) is 10.8. The first-order chi connectivity index (χ1) is 7.16. The average molecular weight is 226 g/mol. The van der Waals surface area contributed by atoms with Crippen molar-refractivity contribution in [3.8, 4) is 0 Å². The third-order valence-electron chi connectivity index (χ3n) is 3.63. The number of rotatable bonds is 3. The predicted octanol–water partition coefficient (Wildman–Crippen LogP) is 2.89. The molecule has 2 rings (SSSR count). The highest BCUT2D eigenvalue weighted by molar-refractivity contribution is 8.14. The van der Waals surface area contributed by atoms with Crippen LogP contribution in [0.4, 0.5) is 0 Å². The second-order valence-electron chi connectivity index (χ2n) is 5.17. The number of nitrogens with one attached hydrogen (secondary N) is 1. The van der Waals surface area contributed by atoms with E-state index in [2.05, 4.69) is 31.1 Å². The first-order valence-electron chi connectivity index (χ1n) is 6.14. The summed E-state index contributed by atoms with van der Waals surface area (Å²) in [5.74, 6) is 1.63. The van der Waals surface area contributed by atoms with Gasteiger partial charge >= 0.3 is 0 Å². The summed E-state index contributed by atoms with van der Waals surface area (Å²) in [6.45, 7) is 7.87. The normalized spacial score (nSPS) is 28.8. The maximum Gasteiger partial charge on any atom is 0.157 e. The highest BCUT2D eigenvalue weighted by Crippen LogP contribution is 2.31. The lowest BCUT2D eigenvalue weighted by Crippen LogP contribution is -2.39. The van der Waals surface area contributed by atoms with E-state index in [9.17, 15) is 0 Å². The molecule has 1 saturated carbocycles. The maximum atomic E-state index is 4.59. The lowest BCUT2D eigenvalue weighted by atomic mass is 9.80. The van der Waals surface area contributed by atoms with E-state index in [-0.39, 0.29) is 0 Å². The van der Waals surface area contributed by atoms with Crippen molar-refractivity contribution in [2.24, 2.45) is 16.8 Å². The fourth-order valence-electron chi connectivity index (χ4n) is 2.07. The summed E-state index contributed by atoms with van der Waals surface area (Å²) in [5.41, 5.74) is 0. The van der Waals surface area contributed by atoms with Gasteiger partial charge in [-0.05, 0) is 31.6 Å². The van der Waals surface area contributed by atoms with Crippen molar-refractivity contribution >= 4 is 16.9 Å². The van der Waals surface area contributed by atoms with E-state index in [4.69, 9.17) is 0 Å². The first-order valence-corrected chi connectivity index (χ1v) is 7.02. The lowest BCUT2D eigenvalue weighted by molar-refractivity contribution is 0.259. The van der Waals surface area contributed by atoms with Gasteiger partial charge in [0, 0.05) is 11.3 Å². The predicted molar refractivity (Wildman–Crippen MR) is 68.5 cm³/mol. The molecule has 2 atom stereocenters. The Morgan fingerprint density at radius 1 is 1.33 bits per heavy atom. The Morgan fingerprint density at radius 3 is 2.53 bits per heavy atom. The topological polar surface area (TPSA) is 24.4 Å². The van der Waals surface area contributed by atoms with E-state index < -0.39 is 0 Å². The number of aliphatic imine (C=N–C) groups is 1. The van der Waals surface area contributed by atoms with Crippen LogP contribution in [0, 0.1) is 11.8 Å². The molecule has 1 heterocycles. The fraction of sp³-hybridized carbons (Fsp3) is 0.917. The summed E-state index contributed by atoms with van der Waals surface area (Å²) in [5, 5.41) is 5.46. The summed E-state index contributed by atoms with van der Waals surface area (Å²) < 4.78 is 0. The van der Waals surface area contributed by atoms with Crippen LogP contribution in [0.3, 0.4) is 0 Å². The summed E-state index contributed by atoms with van der Waals surface area (Å²) in [6.07, 6.45) is 4.23. The Labute approximate surface area is 97.3 Å². The lowest BCUT2D eigenvalue weighted by Gasteiger charge is -2.32. The Balaban J connectivity index is 1.76. The van der Waals surface area contributed by atoms with Gasteiger partial charge in [-0.15, -0.1) is 0 Å². The molecule has 1 aliphatic carbocycles. The van der Waals surface area contributed by atoms with Crippen LogP contribution in [0.25, 0.3) is 0 Å². The van der Waals surface area contributed by atoms with E-state index in [0.717, 1.165) is 18.4 Å². The Kier molecular flexibility index (Phi) is 3.60. The number of amidine groups is 1. The molecule has 0 amide bonds. The smallest absolute Gasteiger partial charge is 0.157 e. The second kappa shape index (κ2) is 4.77. The Bertz CT molecular complexity index is 246. The van der Waals surface area contributed by atoms with Crippen molar-refractivity contribution < 1.29 is 0 Å². The minimum absolute atomic E-state index is 0.621. The van der Waals surface area contributed by atoms with Crippen molar-refractivity contribution in [2.75, 3.05) is 6.54 Å². The van der Waals surface area contributed by atoms with Crippen molar-refractivity contribution in [3.05, 3.63) is 0 Å². The highest BCUT2D eigenvalue weighted by Gasteiger charge is 2.27. The van der Waals surface area contributed by atoms with Crippen molar-refractivity contribution in [3.63, 3.8) is 0 Å². The largest absolute Gasteiger partial charge is 0.362 e. The van der Waals surface area contributed by atoms with Gasteiger partial charge in [-0.1, -0.05) is 32.0 Å². The maximum absolute atomic E-state index is 4.59. The van der Waals surface area contributed by atoms with Gasteiger partial charge in [0.25, 0.3) is 0 Å². The van der Waals surface area contributed by atoms with E-state index in [1.807, 2.05) is 11.8 Å². The molecule has 1 fully saturated rings. The Hall–Kier alpha value is -0.180. The third kappa shape index (κ3) is 2.68. The van der Waals surface area contributed by atoms with Crippen LogP contribution in [-0.4, -0.2) is 23.0 Å². The van der Waals surface area contributed by atoms with Gasteiger partial charge in [-0.2, -0.15) is 0 Å². The van der Waals surface area contributed by atoms with Crippen LogP contribution in [0.15, 0.2) is 4.99 Å². The Morgan fingerprint density at radius 2 is 2.07 bits per heavy atom. The second-order valence-corrected chi connectivity index (χ2v) is 6.40. The van der Waals surface area contributed by atoms with Crippen molar-refractivity contribution in [2.45, 2.75) is 51.3 Å². The molecule has 2 nitrogen and oxygen atoms in total. The third-order valence-corrected chi connectivity index (χ3v) is 5.10. The summed E-state index contributed by atoms with van der Waals surface area (Å²) in [6, 6.07) is 0.621. The van der Waals surface area contributed by atoms with Crippen LogP contribution in [0.1, 0.15) is 40.0 Å². The minimum Gasteiger partial charge on any atom is -0.362 e. The van der Waals surface area contributed by atoms with Crippen LogP contribution in [-0.2, 0) is 0 Å². The monoisotopic (exact) mass is 226 g/mol. The minimum atomic E-state index is 0.621. The highest BCUT2D eigenvalue weighted by atomic mass is 32.2. The van der Waals surface area contributed by atoms with E-state index in [1.165, 1.54) is 24.4 Å². The number of nitrogens with zero attached hydrogens (tertiary/aromatic N) is 1. The molecule has 0 saturated heterocycles. The van der Waals surface area contributed by atoms with Crippen LogP contribution in [0.2, 0.25) is 0 Å². The van der Waals surface area contributed by atoms with Crippen LogP contribution in [0.5, 0.6) is 0 Å². The molecule has 0 radical (unpaired) electrons. The van der Waals surface area contributed by atoms with Gasteiger partial charge in [-0.3, -0.25) is 4.99 Å². The zero-order valence-electron chi connectivity index (χ0n) is 9.99. The van der Waals surface area contributed by atoms with Crippen LogP contribution < -0.4 is 5.32 Å². The number of thioether (sulfide) groups is 1. The van der Waals surface area contributed by atoms with Crippen molar-refractivity contribution in [1.82, 2.24) is 5.32 Å². The molecule has 1 aliphatic heterocycles. The van der Waals surface area contributed by atoms with Gasteiger partial charge in [0.05, 0.1) is 6.54 Å². The molecule has 0 aromatic rings. The van der Waals surface area contributed by atoms with E-state index >= 15 is 0 Å². The average Bonchev–Trinajstić information content (AvgIpc) is 2.48. The molecule has 1 N–H and O–H groups in total. The van der Waals surface area contributed by atoms with Crippen LogP contribution >= 0.6 is 11.8 Å². The molecule has 0 spiro atoms. The molecule has 0 aromatic heterocycles. The molecular formula is C12H22N2S. The summed E-state index contributed by atoms with van der Waals surface area (Å²) in [4.78, 5) is 4.59.